The maximum atomic E-state index is 12.7. The molecule has 0 aliphatic carbocycles. The van der Waals surface area contributed by atoms with E-state index in [4.69, 9.17) is 49.3 Å². The second-order valence-corrected chi connectivity index (χ2v) is 12.0. The van der Waals surface area contributed by atoms with Crippen LogP contribution in [0, 0.1) is 0 Å². The number of methoxy groups -OCH3 is 5. The van der Waals surface area contributed by atoms with Gasteiger partial charge in [0.25, 0.3) is 5.91 Å². The van der Waals surface area contributed by atoms with E-state index < -0.39 is 6.17 Å². The van der Waals surface area contributed by atoms with Crippen molar-refractivity contribution in [3.63, 3.8) is 0 Å². The molecule has 1 aromatic heterocycles. The van der Waals surface area contributed by atoms with Crippen molar-refractivity contribution in [3.05, 3.63) is 101 Å². The number of hydrogen-bond donors (Lipinski definition) is 2. The molecule has 1 amide bonds. The minimum absolute atomic E-state index is 0.216. The number of rotatable bonds is 15. The first kappa shape index (κ1) is 35.8. The second kappa shape index (κ2) is 15.9. The summed E-state index contributed by atoms with van der Waals surface area (Å²) < 4.78 is 45.5. The average Bonchev–Trinajstić information content (AvgIpc) is 3.66. The van der Waals surface area contributed by atoms with Crippen LogP contribution >= 0.6 is 11.6 Å². The molecular formula is C39H38ClN3O9. The van der Waals surface area contributed by atoms with Crippen molar-refractivity contribution in [2.75, 3.05) is 47.5 Å². The molecule has 0 radical (unpaired) electrons. The van der Waals surface area contributed by atoms with Crippen LogP contribution in [0.25, 0.3) is 22.6 Å². The monoisotopic (exact) mass is 727 g/mol. The molecule has 0 spiro atoms. The summed E-state index contributed by atoms with van der Waals surface area (Å²) in [6.45, 7) is 4.49. The fourth-order valence-corrected chi connectivity index (χ4v) is 5.90. The van der Waals surface area contributed by atoms with Gasteiger partial charge in [0.05, 0.1) is 53.5 Å². The van der Waals surface area contributed by atoms with Gasteiger partial charge < -0.3 is 48.3 Å². The molecule has 2 heterocycles. The lowest BCUT2D eigenvalue weighted by atomic mass is 10.1. The summed E-state index contributed by atoms with van der Waals surface area (Å²) >= 11 is 6.07. The molecule has 0 saturated carbocycles. The lowest BCUT2D eigenvalue weighted by Gasteiger charge is -2.28. The van der Waals surface area contributed by atoms with Gasteiger partial charge in [-0.25, -0.2) is 0 Å². The van der Waals surface area contributed by atoms with Crippen LogP contribution in [0.2, 0.25) is 5.02 Å². The molecule has 5 aromatic rings. The summed E-state index contributed by atoms with van der Waals surface area (Å²) in [4.78, 5) is 12.7. The van der Waals surface area contributed by atoms with Crippen molar-refractivity contribution >= 4 is 23.2 Å². The van der Waals surface area contributed by atoms with Gasteiger partial charge in [-0.15, -0.1) is 0 Å². The molecular weight excluding hydrogens is 690 g/mol. The fourth-order valence-electron chi connectivity index (χ4n) is 5.72. The van der Waals surface area contributed by atoms with Crippen LogP contribution in [0.3, 0.4) is 0 Å². The van der Waals surface area contributed by atoms with Crippen LogP contribution in [0.5, 0.6) is 40.2 Å². The fraction of sp³-hybridized carbons (Fsp3) is 0.231. The first-order valence-corrected chi connectivity index (χ1v) is 16.6. The Hall–Kier alpha value is -6.01. The van der Waals surface area contributed by atoms with E-state index in [1.807, 2.05) is 36.4 Å². The van der Waals surface area contributed by atoms with Gasteiger partial charge in [0.1, 0.15) is 11.9 Å². The molecule has 1 atom stereocenters. The standard InChI is InChI=1S/C39H38ClN3O9/c1-22(8-7-15-50-31-14-10-24(17-33(31)46-3)38-41-28-12-11-26(40)20-27(28)39(44)42-38)51-34-16-23(9-13-30(34)45-2)32-21-29(43-52-32)25-18-35(47-4)37(49-6)36(19-25)48-5/h9-14,16-21,38,41H,1,7-8,15H2,2-6H3,(H,42,44). The highest BCUT2D eigenvalue weighted by Crippen LogP contribution is 2.42. The quantitative estimate of drug-likeness (QED) is 0.0797. The SMILES string of the molecule is C=C(CCCOc1ccc(C2NC(=O)c3cc(Cl)ccc3N2)cc1OC)Oc1cc(-c2cc(-c3cc(OC)c(OC)c(OC)c3)no2)ccc1OC. The van der Waals surface area contributed by atoms with Crippen molar-refractivity contribution in [2.45, 2.75) is 19.0 Å². The minimum Gasteiger partial charge on any atom is -0.493 e. The zero-order valence-electron chi connectivity index (χ0n) is 29.3. The third-order valence-electron chi connectivity index (χ3n) is 8.35. The normalized spacial score (nSPS) is 13.3. The van der Waals surface area contributed by atoms with Crippen molar-refractivity contribution < 1.29 is 42.5 Å². The number of ether oxygens (including phenoxy) is 7. The van der Waals surface area contributed by atoms with E-state index in [0.717, 1.165) is 16.7 Å². The molecule has 0 bridgehead atoms. The average molecular weight is 728 g/mol. The van der Waals surface area contributed by atoms with Crippen LogP contribution in [0.15, 0.2) is 89.7 Å². The summed E-state index contributed by atoms with van der Waals surface area (Å²) in [5.41, 5.74) is 4.03. The van der Waals surface area contributed by atoms with E-state index in [1.54, 1.807) is 71.9 Å². The van der Waals surface area contributed by atoms with E-state index in [1.165, 1.54) is 0 Å². The largest absolute Gasteiger partial charge is 0.493 e. The number of allylic oxidation sites excluding steroid dienone is 1. The maximum absolute atomic E-state index is 12.7. The van der Waals surface area contributed by atoms with Crippen LogP contribution in [-0.4, -0.2) is 53.2 Å². The van der Waals surface area contributed by atoms with Crippen molar-refractivity contribution in [3.8, 4) is 62.8 Å². The van der Waals surface area contributed by atoms with E-state index in [0.29, 0.717) is 93.2 Å². The summed E-state index contributed by atoms with van der Waals surface area (Å²) in [6, 6.07) is 21.6. The number of carbonyl (C=O) groups excluding carboxylic acids is 1. The Kier molecular flexibility index (Phi) is 10.9. The van der Waals surface area contributed by atoms with E-state index in [-0.39, 0.29) is 5.91 Å². The Labute approximate surface area is 306 Å². The van der Waals surface area contributed by atoms with Crippen molar-refractivity contribution in [1.29, 1.82) is 0 Å². The molecule has 52 heavy (non-hydrogen) atoms. The Balaban J connectivity index is 1.06. The van der Waals surface area contributed by atoms with Gasteiger partial charge in [0, 0.05) is 34.3 Å². The van der Waals surface area contributed by atoms with Gasteiger partial charge in [0.15, 0.2) is 40.3 Å². The van der Waals surface area contributed by atoms with Gasteiger partial charge in [0.2, 0.25) is 5.75 Å². The molecule has 4 aromatic carbocycles. The van der Waals surface area contributed by atoms with Crippen LogP contribution in [0.4, 0.5) is 5.69 Å². The van der Waals surface area contributed by atoms with Gasteiger partial charge in [-0.05, 0) is 72.6 Å². The Morgan fingerprint density at radius 1 is 0.769 bits per heavy atom. The minimum atomic E-state index is -0.451. The molecule has 2 N–H and O–H groups in total. The predicted octanol–water partition coefficient (Wildman–Crippen LogP) is 8.31. The lowest BCUT2D eigenvalue weighted by Crippen LogP contribution is -2.38. The lowest BCUT2D eigenvalue weighted by molar-refractivity contribution is 0.0935. The summed E-state index contributed by atoms with van der Waals surface area (Å²) in [6.07, 6.45) is 0.682. The Morgan fingerprint density at radius 2 is 1.48 bits per heavy atom. The van der Waals surface area contributed by atoms with Crippen LogP contribution < -0.4 is 43.8 Å². The van der Waals surface area contributed by atoms with Crippen LogP contribution in [0.1, 0.15) is 34.9 Å². The van der Waals surface area contributed by atoms with E-state index in [2.05, 4.69) is 22.4 Å². The number of aromatic nitrogens is 1. The number of amides is 1. The summed E-state index contributed by atoms with van der Waals surface area (Å²) in [5.74, 6) is 4.44. The van der Waals surface area contributed by atoms with Crippen molar-refractivity contribution in [1.82, 2.24) is 10.5 Å². The first-order chi connectivity index (χ1) is 25.2. The van der Waals surface area contributed by atoms with Gasteiger partial charge in [-0.2, -0.15) is 0 Å². The molecule has 0 saturated heterocycles. The Bertz CT molecular complexity index is 2070. The second-order valence-electron chi connectivity index (χ2n) is 11.6. The number of nitrogens with zero attached hydrogens (tertiary/aromatic N) is 1. The summed E-state index contributed by atoms with van der Waals surface area (Å²) in [7, 11) is 7.80. The van der Waals surface area contributed by atoms with Crippen LogP contribution in [-0.2, 0) is 0 Å². The molecule has 270 valence electrons. The molecule has 1 unspecified atom stereocenters. The third-order valence-corrected chi connectivity index (χ3v) is 8.59. The number of halogens is 1. The number of hydrogen-bond acceptors (Lipinski definition) is 11. The molecule has 12 nitrogen and oxygen atoms in total. The zero-order chi connectivity index (χ0) is 36.8. The highest BCUT2D eigenvalue weighted by molar-refractivity contribution is 6.31. The maximum Gasteiger partial charge on any atom is 0.255 e. The topological polar surface area (TPSA) is 132 Å². The molecule has 0 fully saturated rings. The molecule has 13 heteroatoms. The van der Waals surface area contributed by atoms with E-state index in [9.17, 15) is 4.79 Å². The van der Waals surface area contributed by atoms with Gasteiger partial charge >= 0.3 is 0 Å². The first-order valence-electron chi connectivity index (χ1n) is 16.2. The molecule has 1 aliphatic rings. The number of fused-ring (bicyclic) bond motifs is 1. The van der Waals surface area contributed by atoms with E-state index >= 15 is 0 Å². The number of nitrogens with one attached hydrogen (secondary N) is 2. The third kappa shape index (κ3) is 7.66. The molecule has 6 rings (SSSR count). The predicted molar refractivity (Wildman–Crippen MR) is 196 cm³/mol. The van der Waals surface area contributed by atoms with Gasteiger partial charge in [-0.3, -0.25) is 4.79 Å². The number of anilines is 1. The number of benzene rings is 4. The highest BCUT2D eigenvalue weighted by Gasteiger charge is 2.26. The van der Waals surface area contributed by atoms with Gasteiger partial charge in [-0.1, -0.05) is 29.4 Å². The highest BCUT2D eigenvalue weighted by atomic mass is 35.5. The summed E-state index contributed by atoms with van der Waals surface area (Å²) in [5, 5.41) is 11.0. The Morgan fingerprint density at radius 3 is 2.19 bits per heavy atom. The smallest absolute Gasteiger partial charge is 0.255 e. The zero-order valence-corrected chi connectivity index (χ0v) is 30.1. The number of carbonyl (C=O) groups is 1. The molecule has 1 aliphatic heterocycles. The van der Waals surface area contributed by atoms with Crippen molar-refractivity contribution in [2.24, 2.45) is 0 Å².